The predicted octanol–water partition coefficient (Wildman–Crippen LogP) is 3.51. The third-order valence-corrected chi connectivity index (χ3v) is 2.09. The van der Waals surface area contributed by atoms with Crippen LogP contribution in [0, 0.1) is 5.82 Å². The van der Waals surface area contributed by atoms with E-state index in [1.165, 1.54) is 5.56 Å². The summed E-state index contributed by atoms with van der Waals surface area (Å²) in [4.78, 5) is 0. The van der Waals surface area contributed by atoms with Crippen molar-refractivity contribution in [3.05, 3.63) is 35.1 Å². The molecule has 0 aliphatic rings. The van der Waals surface area contributed by atoms with Gasteiger partial charge in [-0.25, -0.2) is 4.39 Å². The zero-order chi connectivity index (χ0) is 9.14. The number of hydrogen-bond acceptors (Lipinski definition) is 0. The Hall–Kier alpha value is -0.850. The lowest BCUT2D eigenvalue weighted by molar-refractivity contribution is 0.597. The highest BCUT2D eigenvalue weighted by Gasteiger charge is 2.05. The van der Waals surface area contributed by atoms with E-state index in [1.807, 2.05) is 26.0 Å². The molecule has 0 N–H and O–H groups in total. The largest absolute Gasteiger partial charge is 0.207 e. The molecule has 0 aliphatic heterocycles. The van der Waals surface area contributed by atoms with Crippen molar-refractivity contribution in [3.63, 3.8) is 0 Å². The fraction of sp³-hybridized carbons (Fsp3) is 0.455. The maximum Gasteiger partial charge on any atom is 0.126 e. The first-order valence-corrected chi connectivity index (χ1v) is 4.43. The van der Waals surface area contributed by atoms with Crippen LogP contribution in [-0.4, -0.2) is 0 Å². The molecule has 0 saturated carbocycles. The van der Waals surface area contributed by atoms with Crippen LogP contribution in [0.4, 0.5) is 4.39 Å². The van der Waals surface area contributed by atoms with E-state index in [2.05, 4.69) is 6.92 Å². The molecule has 1 aromatic carbocycles. The van der Waals surface area contributed by atoms with Crippen LogP contribution in [0.5, 0.6) is 0 Å². The SMILES string of the molecule is CCc1ccc(F)c(C(C)C)c1. The Morgan fingerprint density at radius 1 is 1.33 bits per heavy atom. The van der Waals surface area contributed by atoms with Crippen LogP contribution >= 0.6 is 0 Å². The van der Waals surface area contributed by atoms with E-state index in [0.29, 0.717) is 0 Å². The van der Waals surface area contributed by atoms with Gasteiger partial charge in [0.1, 0.15) is 5.82 Å². The van der Waals surface area contributed by atoms with Gasteiger partial charge in [-0.05, 0) is 29.5 Å². The maximum absolute atomic E-state index is 13.2. The van der Waals surface area contributed by atoms with Crippen LogP contribution in [0.15, 0.2) is 18.2 Å². The van der Waals surface area contributed by atoms with Gasteiger partial charge in [-0.3, -0.25) is 0 Å². The van der Waals surface area contributed by atoms with Gasteiger partial charge in [-0.15, -0.1) is 0 Å². The summed E-state index contributed by atoms with van der Waals surface area (Å²) < 4.78 is 13.2. The molecular weight excluding hydrogens is 151 g/mol. The van der Waals surface area contributed by atoms with Crippen molar-refractivity contribution >= 4 is 0 Å². The topological polar surface area (TPSA) is 0 Å². The highest BCUT2D eigenvalue weighted by molar-refractivity contribution is 5.27. The smallest absolute Gasteiger partial charge is 0.126 e. The summed E-state index contributed by atoms with van der Waals surface area (Å²) in [5.74, 6) is 0.193. The van der Waals surface area contributed by atoms with E-state index in [-0.39, 0.29) is 11.7 Å². The molecule has 0 aromatic heterocycles. The standard InChI is InChI=1S/C11H15F/c1-4-9-5-6-11(12)10(7-9)8(2)3/h5-8H,4H2,1-3H3. The van der Waals surface area contributed by atoms with Gasteiger partial charge in [0.15, 0.2) is 0 Å². The highest BCUT2D eigenvalue weighted by atomic mass is 19.1. The lowest BCUT2D eigenvalue weighted by Gasteiger charge is -2.08. The van der Waals surface area contributed by atoms with Crippen LogP contribution in [0.25, 0.3) is 0 Å². The molecule has 0 saturated heterocycles. The van der Waals surface area contributed by atoms with Gasteiger partial charge in [0.05, 0.1) is 0 Å². The summed E-state index contributed by atoms with van der Waals surface area (Å²) in [6.07, 6.45) is 0.972. The van der Waals surface area contributed by atoms with Crippen LogP contribution < -0.4 is 0 Å². The van der Waals surface area contributed by atoms with Crippen molar-refractivity contribution in [1.29, 1.82) is 0 Å². The molecule has 0 atom stereocenters. The number of benzene rings is 1. The zero-order valence-electron chi connectivity index (χ0n) is 7.89. The molecule has 0 aliphatic carbocycles. The van der Waals surface area contributed by atoms with Crippen molar-refractivity contribution in [1.82, 2.24) is 0 Å². The van der Waals surface area contributed by atoms with E-state index >= 15 is 0 Å². The molecule has 1 rings (SSSR count). The van der Waals surface area contributed by atoms with Gasteiger partial charge < -0.3 is 0 Å². The number of hydrogen-bond donors (Lipinski definition) is 0. The average Bonchev–Trinajstić information content (AvgIpc) is 2.05. The van der Waals surface area contributed by atoms with Gasteiger partial charge in [0, 0.05) is 0 Å². The molecular formula is C11H15F. The first kappa shape index (κ1) is 9.24. The van der Waals surface area contributed by atoms with Crippen molar-refractivity contribution in [2.24, 2.45) is 0 Å². The number of rotatable bonds is 2. The Kier molecular flexibility index (Phi) is 2.85. The minimum atomic E-state index is -0.0813. The second-order valence-corrected chi connectivity index (χ2v) is 3.36. The number of aryl methyl sites for hydroxylation is 1. The molecule has 0 spiro atoms. The van der Waals surface area contributed by atoms with Crippen molar-refractivity contribution in [3.8, 4) is 0 Å². The molecule has 0 nitrogen and oxygen atoms in total. The summed E-state index contributed by atoms with van der Waals surface area (Å²) in [5.41, 5.74) is 2.04. The van der Waals surface area contributed by atoms with Crippen LogP contribution in [-0.2, 0) is 6.42 Å². The van der Waals surface area contributed by atoms with E-state index in [0.717, 1.165) is 12.0 Å². The maximum atomic E-state index is 13.2. The quantitative estimate of drug-likeness (QED) is 0.630. The minimum Gasteiger partial charge on any atom is -0.207 e. The summed E-state index contributed by atoms with van der Waals surface area (Å²) in [6.45, 7) is 6.10. The Bertz CT molecular complexity index is 264. The van der Waals surface area contributed by atoms with Crippen LogP contribution in [0.3, 0.4) is 0 Å². The van der Waals surface area contributed by atoms with E-state index in [1.54, 1.807) is 6.07 Å². The van der Waals surface area contributed by atoms with Crippen LogP contribution in [0.2, 0.25) is 0 Å². The molecule has 0 fully saturated rings. The summed E-state index contributed by atoms with van der Waals surface area (Å²) in [6, 6.07) is 5.37. The Labute approximate surface area is 73.4 Å². The van der Waals surface area contributed by atoms with Gasteiger partial charge in [0.25, 0.3) is 0 Å². The monoisotopic (exact) mass is 166 g/mol. The Morgan fingerprint density at radius 3 is 2.50 bits per heavy atom. The second kappa shape index (κ2) is 3.70. The molecule has 66 valence electrons. The van der Waals surface area contributed by atoms with Gasteiger partial charge in [-0.1, -0.05) is 32.9 Å². The fourth-order valence-electron chi connectivity index (χ4n) is 1.26. The molecule has 0 amide bonds. The van der Waals surface area contributed by atoms with Crippen molar-refractivity contribution in [2.75, 3.05) is 0 Å². The Morgan fingerprint density at radius 2 is 2.00 bits per heavy atom. The molecule has 0 bridgehead atoms. The third kappa shape index (κ3) is 1.84. The van der Waals surface area contributed by atoms with Crippen molar-refractivity contribution < 1.29 is 4.39 Å². The Balaban J connectivity index is 3.08. The molecule has 12 heavy (non-hydrogen) atoms. The van der Waals surface area contributed by atoms with Gasteiger partial charge >= 0.3 is 0 Å². The molecule has 0 unspecified atom stereocenters. The first-order valence-electron chi connectivity index (χ1n) is 4.43. The molecule has 1 heteroatoms. The summed E-state index contributed by atoms with van der Waals surface area (Å²) in [5, 5.41) is 0. The second-order valence-electron chi connectivity index (χ2n) is 3.36. The molecule has 0 radical (unpaired) electrons. The normalized spacial score (nSPS) is 10.8. The lowest BCUT2D eigenvalue weighted by Crippen LogP contribution is -1.94. The van der Waals surface area contributed by atoms with E-state index < -0.39 is 0 Å². The predicted molar refractivity (Wildman–Crippen MR) is 49.9 cm³/mol. The average molecular weight is 166 g/mol. The first-order chi connectivity index (χ1) is 5.65. The molecule has 1 aromatic rings. The van der Waals surface area contributed by atoms with E-state index in [4.69, 9.17) is 0 Å². The lowest BCUT2D eigenvalue weighted by atomic mass is 9.99. The zero-order valence-corrected chi connectivity index (χ0v) is 7.89. The van der Waals surface area contributed by atoms with Gasteiger partial charge in [0.2, 0.25) is 0 Å². The highest BCUT2D eigenvalue weighted by Crippen LogP contribution is 2.19. The van der Waals surface area contributed by atoms with E-state index in [9.17, 15) is 4.39 Å². The number of halogens is 1. The minimum absolute atomic E-state index is 0.0813. The fourth-order valence-corrected chi connectivity index (χ4v) is 1.26. The molecule has 0 heterocycles. The van der Waals surface area contributed by atoms with Crippen molar-refractivity contribution in [2.45, 2.75) is 33.1 Å². The third-order valence-electron chi connectivity index (χ3n) is 2.09. The summed E-state index contributed by atoms with van der Waals surface area (Å²) in [7, 11) is 0. The van der Waals surface area contributed by atoms with Crippen LogP contribution in [0.1, 0.15) is 37.8 Å². The summed E-state index contributed by atoms with van der Waals surface area (Å²) >= 11 is 0. The van der Waals surface area contributed by atoms with Gasteiger partial charge in [-0.2, -0.15) is 0 Å².